The van der Waals surface area contributed by atoms with Crippen molar-refractivity contribution in [3.05, 3.63) is 35.4 Å². The number of benzene rings is 1. The molecule has 2 rings (SSSR count). The van der Waals surface area contributed by atoms with E-state index < -0.39 is 5.60 Å². The van der Waals surface area contributed by atoms with Gasteiger partial charge in [0.2, 0.25) is 0 Å². The summed E-state index contributed by atoms with van der Waals surface area (Å²) < 4.78 is 0. The molecule has 1 aliphatic rings. The first-order chi connectivity index (χ1) is 10.4. The van der Waals surface area contributed by atoms with E-state index in [2.05, 4.69) is 11.8 Å². The number of hydrogen-bond acceptors (Lipinski definition) is 3. The highest BCUT2D eigenvalue weighted by atomic mass is 16.3. The maximum atomic E-state index is 12.6. The Labute approximate surface area is 133 Å². The summed E-state index contributed by atoms with van der Waals surface area (Å²) in [5, 5.41) is 9.83. The molecule has 4 nitrogen and oxygen atoms in total. The van der Waals surface area contributed by atoms with Gasteiger partial charge in [0.1, 0.15) is 0 Å². The predicted molar refractivity (Wildman–Crippen MR) is 89.1 cm³/mol. The minimum atomic E-state index is -0.670. The van der Waals surface area contributed by atoms with Crippen LogP contribution in [-0.4, -0.2) is 59.1 Å². The molecular weight excluding hydrogens is 276 g/mol. The molecule has 0 spiro atoms. The van der Waals surface area contributed by atoms with Gasteiger partial charge in [0.25, 0.3) is 5.91 Å². The number of carbonyl (C=O) groups excluding carboxylic acids is 1. The lowest BCUT2D eigenvalue weighted by molar-refractivity contribution is 0.0643. The van der Waals surface area contributed by atoms with E-state index in [0.29, 0.717) is 6.42 Å². The van der Waals surface area contributed by atoms with Crippen molar-refractivity contribution in [1.29, 1.82) is 0 Å². The van der Waals surface area contributed by atoms with Gasteiger partial charge < -0.3 is 14.9 Å². The number of rotatable bonds is 5. The Bertz CT molecular complexity index is 500. The van der Waals surface area contributed by atoms with Crippen molar-refractivity contribution in [3.8, 4) is 0 Å². The molecule has 1 N–H and O–H groups in total. The van der Waals surface area contributed by atoms with Crippen LogP contribution < -0.4 is 0 Å². The van der Waals surface area contributed by atoms with Crippen LogP contribution >= 0.6 is 0 Å². The van der Waals surface area contributed by atoms with Crippen LogP contribution in [0.4, 0.5) is 0 Å². The molecule has 1 amide bonds. The summed E-state index contributed by atoms with van der Waals surface area (Å²) in [7, 11) is 0. The SMILES string of the molecule is CCN1CCN(C(=O)c2cccc(CCC(C)(C)O)c2)CC1. The third-order valence-electron chi connectivity index (χ3n) is 4.31. The van der Waals surface area contributed by atoms with Gasteiger partial charge >= 0.3 is 0 Å². The second kappa shape index (κ2) is 7.25. The highest BCUT2D eigenvalue weighted by Gasteiger charge is 2.21. The van der Waals surface area contributed by atoms with E-state index >= 15 is 0 Å². The number of aliphatic hydroxyl groups is 1. The molecule has 0 aliphatic carbocycles. The van der Waals surface area contributed by atoms with Gasteiger partial charge in [-0.25, -0.2) is 0 Å². The van der Waals surface area contributed by atoms with Crippen LogP contribution in [0.2, 0.25) is 0 Å². The van der Waals surface area contributed by atoms with Gasteiger partial charge in [-0.2, -0.15) is 0 Å². The molecule has 0 unspecified atom stereocenters. The van der Waals surface area contributed by atoms with E-state index in [1.54, 1.807) is 0 Å². The number of aryl methyl sites for hydroxylation is 1. The Morgan fingerprint density at radius 1 is 1.23 bits per heavy atom. The zero-order valence-electron chi connectivity index (χ0n) is 14.0. The van der Waals surface area contributed by atoms with Gasteiger partial charge in [-0.05, 0) is 50.9 Å². The molecule has 0 aromatic heterocycles. The molecule has 1 fully saturated rings. The molecule has 4 heteroatoms. The van der Waals surface area contributed by atoms with Crippen molar-refractivity contribution in [2.24, 2.45) is 0 Å². The van der Waals surface area contributed by atoms with Crippen LogP contribution in [0.3, 0.4) is 0 Å². The maximum Gasteiger partial charge on any atom is 0.253 e. The fraction of sp³-hybridized carbons (Fsp3) is 0.611. The van der Waals surface area contributed by atoms with E-state index in [4.69, 9.17) is 0 Å². The van der Waals surface area contributed by atoms with Gasteiger partial charge in [0, 0.05) is 31.7 Å². The number of carbonyl (C=O) groups is 1. The fourth-order valence-corrected chi connectivity index (χ4v) is 2.76. The Balaban J connectivity index is 1.98. The average Bonchev–Trinajstić information content (AvgIpc) is 2.52. The third kappa shape index (κ3) is 4.82. The smallest absolute Gasteiger partial charge is 0.253 e. The zero-order valence-corrected chi connectivity index (χ0v) is 14.0. The van der Waals surface area contributed by atoms with Gasteiger partial charge in [-0.1, -0.05) is 19.1 Å². The van der Waals surface area contributed by atoms with Crippen molar-refractivity contribution in [1.82, 2.24) is 9.80 Å². The molecule has 1 saturated heterocycles. The summed E-state index contributed by atoms with van der Waals surface area (Å²) in [5.41, 5.74) is 1.20. The first kappa shape index (κ1) is 17.0. The largest absolute Gasteiger partial charge is 0.390 e. The van der Waals surface area contributed by atoms with Crippen LogP contribution in [-0.2, 0) is 6.42 Å². The van der Waals surface area contributed by atoms with Crippen molar-refractivity contribution >= 4 is 5.91 Å². The molecule has 1 aliphatic heterocycles. The molecule has 122 valence electrons. The van der Waals surface area contributed by atoms with Crippen LogP contribution in [0.1, 0.15) is 43.1 Å². The normalized spacial score (nSPS) is 16.8. The van der Waals surface area contributed by atoms with E-state index in [0.717, 1.165) is 50.3 Å². The Morgan fingerprint density at radius 3 is 2.50 bits per heavy atom. The number of nitrogens with zero attached hydrogens (tertiary/aromatic N) is 2. The monoisotopic (exact) mass is 304 g/mol. The number of piperazine rings is 1. The third-order valence-corrected chi connectivity index (χ3v) is 4.31. The predicted octanol–water partition coefficient (Wildman–Crippen LogP) is 2.17. The lowest BCUT2D eigenvalue weighted by Gasteiger charge is -2.34. The number of hydrogen-bond donors (Lipinski definition) is 1. The van der Waals surface area contributed by atoms with Crippen molar-refractivity contribution in [2.75, 3.05) is 32.7 Å². The van der Waals surface area contributed by atoms with E-state index in [1.165, 1.54) is 0 Å². The van der Waals surface area contributed by atoms with Crippen molar-refractivity contribution < 1.29 is 9.90 Å². The molecule has 1 aromatic rings. The maximum absolute atomic E-state index is 12.6. The minimum Gasteiger partial charge on any atom is -0.390 e. The van der Waals surface area contributed by atoms with Gasteiger partial charge in [0.15, 0.2) is 0 Å². The summed E-state index contributed by atoms with van der Waals surface area (Å²) in [6, 6.07) is 7.83. The van der Waals surface area contributed by atoms with Crippen LogP contribution in [0, 0.1) is 0 Å². The van der Waals surface area contributed by atoms with E-state index in [1.807, 2.05) is 43.0 Å². The standard InChI is InChI=1S/C18H28N2O2/c1-4-19-10-12-20(13-11-19)17(21)16-7-5-6-15(14-16)8-9-18(2,3)22/h5-7,14,22H,4,8-13H2,1-3H3. The highest BCUT2D eigenvalue weighted by molar-refractivity contribution is 5.94. The van der Waals surface area contributed by atoms with Crippen LogP contribution in [0.5, 0.6) is 0 Å². The Kier molecular flexibility index (Phi) is 5.59. The summed E-state index contributed by atoms with van der Waals surface area (Å²) in [4.78, 5) is 16.9. The summed E-state index contributed by atoms with van der Waals surface area (Å²) >= 11 is 0. The summed E-state index contributed by atoms with van der Waals surface area (Å²) in [5.74, 6) is 0.126. The second-order valence-corrected chi connectivity index (χ2v) is 6.74. The lowest BCUT2D eigenvalue weighted by atomic mass is 9.97. The summed E-state index contributed by atoms with van der Waals surface area (Å²) in [6.45, 7) is 10.4. The highest BCUT2D eigenvalue weighted by Crippen LogP contribution is 2.16. The van der Waals surface area contributed by atoms with Crippen molar-refractivity contribution in [2.45, 2.75) is 39.2 Å². The fourth-order valence-electron chi connectivity index (χ4n) is 2.76. The second-order valence-electron chi connectivity index (χ2n) is 6.74. The quantitative estimate of drug-likeness (QED) is 0.906. The molecule has 0 radical (unpaired) electrons. The summed E-state index contributed by atoms with van der Waals surface area (Å²) in [6.07, 6.45) is 1.48. The lowest BCUT2D eigenvalue weighted by Crippen LogP contribution is -2.48. The Hall–Kier alpha value is -1.39. The molecule has 0 bridgehead atoms. The molecule has 0 atom stereocenters. The number of amides is 1. The molecule has 0 saturated carbocycles. The molecule has 1 heterocycles. The average molecular weight is 304 g/mol. The van der Waals surface area contributed by atoms with Gasteiger partial charge in [-0.15, -0.1) is 0 Å². The van der Waals surface area contributed by atoms with E-state index in [-0.39, 0.29) is 5.91 Å². The molecule has 22 heavy (non-hydrogen) atoms. The van der Waals surface area contributed by atoms with Gasteiger partial charge in [-0.3, -0.25) is 4.79 Å². The van der Waals surface area contributed by atoms with E-state index in [9.17, 15) is 9.90 Å². The zero-order chi connectivity index (χ0) is 16.2. The minimum absolute atomic E-state index is 0.126. The first-order valence-electron chi connectivity index (χ1n) is 8.22. The van der Waals surface area contributed by atoms with Crippen LogP contribution in [0.15, 0.2) is 24.3 Å². The molecular formula is C18H28N2O2. The topological polar surface area (TPSA) is 43.8 Å². The Morgan fingerprint density at radius 2 is 1.91 bits per heavy atom. The van der Waals surface area contributed by atoms with Crippen molar-refractivity contribution in [3.63, 3.8) is 0 Å². The first-order valence-corrected chi connectivity index (χ1v) is 8.22. The van der Waals surface area contributed by atoms with Crippen LogP contribution in [0.25, 0.3) is 0 Å². The molecule has 1 aromatic carbocycles. The van der Waals surface area contributed by atoms with Gasteiger partial charge in [0.05, 0.1) is 5.60 Å². The number of likely N-dealkylation sites (N-methyl/N-ethyl adjacent to an activating group) is 1.